The molecule has 1 rings (SSSR count). The Morgan fingerprint density at radius 2 is 1.17 bits per heavy atom. The van der Waals surface area contributed by atoms with Crippen LogP contribution in [0.4, 0.5) is 0 Å². The number of hydrogen-bond donors (Lipinski definition) is 1. The summed E-state index contributed by atoms with van der Waals surface area (Å²) in [5.74, 6) is 0.464. The van der Waals surface area contributed by atoms with Crippen molar-refractivity contribution in [2.75, 3.05) is 0 Å². The SMILES string of the molecule is Cc1cc(C(C)(C)C)c(O)c(C(C)(C)C)c1.[H-].[H-].[K+].[Na+]. The van der Waals surface area contributed by atoms with Gasteiger partial charge in [-0.2, -0.15) is 0 Å². The van der Waals surface area contributed by atoms with E-state index in [1.807, 2.05) is 0 Å². The van der Waals surface area contributed by atoms with Crippen molar-refractivity contribution in [1.82, 2.24) is 0 Å². The van der Waals surface area contributed by atoms with Crippen LogP contribution in [-0.4, -0.2) is 5.11 Å². The largest absolute Gasteiger partial charge is 1.00 e. The van der Waals surface area contributed by atoms with Gasteiger partial charge in [0.05, 0.1) is 0 Å². The second-order valence-corrected chi connectivity index (χ2v) is 6.71. The summed E-state index contributed by atoms with van der Waals surface area (Å²) in [6.45, 7) is 14.9. The zero-order chi connectivity index (χ0) is 12.7. The van der Waals surface area contributed by atoms with E-state index in [0.29, 0.717) is 5.75 Å². The van der Waals surface area contributed by atoms with Gasteiger partial charge in [-0.1, -0.05) is 59.2 Å². The molecule has 1 N–H and O–H groups in total. The molecule has 0 saturated carbocycles. The zero-order valence-corrected chi connectivity index (χ0v) is 18.7. The zero-order valence-electron chi connectivity index (χ0n) is 15.6. The van der Waals surface area contributed by atoms with Gasteiger partial charge in [-0.25, -0.2) is 0 Å². The molecule has 94 valence electrons. The summed E-state index contributed by atoms with van der Waals surface area (Å²) in [4.78, 5) is 0. The van der Waals surface area contributed by atoms with Gasteiger partial charge in [0.25, 0.3) is 0 Å². The monoisotopic (exact) mass is 284 g/mol. The van der Waals surface area contributed by atoms with Gasteiger partial charge in [-0.3, -0.25) is 0 Å². The molecule has 0 heterocycles. The maximum Gasteiger partial charge on any atom is 1.00 e. The second kappa shape index (κ2) is 7.60. The molecule has 0 bridgehead atoms. The number of phenols is 1. The first-order valence-electron chi connectivity index (χ1n) is 5.88. The molecule has 1 aromatic rings. The number of aromatic hydroxyl groups is 1. The van der Waals surface area contributed by atoms with Crippen LogP contribution in [-0.2, 0) is 10.8 Å². The summed E-state index contributed by atoms with van der Waals surface area (Å²) in [5.41, 5.74) is 3.26. The molecule has 1 nitrogen and oxygen atoms in total. The van der Waals surface area contributed by atoms with Crippen molar-refractivity contribution in [3.05, 3.63) is 28.8 Å². The third-order valence-corrected chi connectivity index (χ3v) is 2.87. The molecule has 0 aliphatic rings. The molecule has 0 fully saturated rings. The smallest absolute Gasteiger partial charge is 1.00 e. The average molecular weight is 284 g/mol. The Labute approximate surface area is 180 Å². The molecular weight excluding hydrogens is 258 g/mol. The maximum atomic E-state index is 10.4. The van der Waals surface area contributed by atoms with Crippen LogP contribution in [0.25, 0.3) is 0 Å². The van der Waals surface area contributed by atoms with E-state index in [1.54, 1.807) is 0 Å². The molecule has 0 atom stereocenters. The van der Waals surface area contributed by atoms with Gasteiger partial charge in [-0.15, -0.1) is 0 Å². The van der Waals surface area contributed by atoms with Crippen LogP contribution < -0.4 is 80.9 Å². The van der Waals surface area contributed by atoms with Crippen LogP contribution in [0.15, 0.2) is 12.1 Å². The first kappa shape index (κ1) is 21.9. The van der Waals surface area contributed by atoms with Gasteiger partial charge in [0, 0.05) is 0 Å². The van der Waals surface area contributed by atoms with Crippen molar-refractivity contribution in [3.8, 4) is 5.75 Å². The fourth-order valence-electron chi connectivity index (χ4n) is 1.92. The van der Waals surface area contributed by atoms with Crippen LogP contribution >= 0.6 is 0 Å². The molecule has 0 unspecified atom stereocenters. The number of benzene rings is 1. The fourth-order valence-corrected chi connectivity index (χ4v) is 1.92. The molecule has 0 amide bonds. The quantitative estimate of drug-likeness (QED) is 0.577. The molecular formula is C15H26KNaO. The van der Waals surface area contributed by atoms with E-state index in [-0.39, 0.29) is 94.6 Å². The molecule has 1 aromatic carbocycles. The van der Waals surface area contributed by atoms with Gasteiger partial charge >= 0.3 is 80.9 Å². The summed E-state index contributed by atoms with van der Waals surface area (Å²) in [6.07, 6.45) is 0. The van der Waals surface area contributed by atoms with Gasteiger partial charge in [-0.05, 0) is 28.9 Å². The molecule has 0 aliphatic heterocycles. The first-order chi connectivity index (χ1) is 7.03. The van der Waals surface area contributed by atoms with Gasteiger partial charge in [0.2, 0.25) is 0 Å². The van der Waals surface area contributed by atoms with E-state index < -0.39 is 0 Å². The Kier molecular flexibility index (Phi) is 9.27. The summed E-state index contributed by atoms with van der Waals surface area (Å²) in [5, 5.41) is 10.4. The molecule has 0 aliphatic carbocycles. The van der Waals surface area contributed by atoms with Gasteiger partial charge in [0.1, 0.15) is 5.75 Å². The van der Waals surface area contributed by atoms with E-state index in [2.05, 4.69) is 60.6 Å². The minimum absolute atomic E-state index is 0. The van der Waals surface area contributed by atoms with Crippen molar-refractivity contribution in [2.24, 2.45) is 0 Å². The maximum absolute atomic E-state index is 10.4. The van der Waals surface area contributed by atoms with E-state index in [1.165, 1.54) is 5.56 Å². The Balaban J connectivity index is -0.000000320. The number of rotatable bonds is 0. The van der Waals surface area contributed by atoms with Gasteiger partial charge in [0.15, 0.2) is 0 Å². The van der Waals surface area contributed by atoms with Crippen LogP contribution in [0.5, 0.6) is 5.75 Å². The molecule has 3 heteroatoms. The van der Waals surface area contributed by atoms with E-state index >= 15 is 0 Å². The van der Waals surface area contributed by atoms with Crippen molar-refractivity contribution >= 4 is 0 Å². The fraction of sp³-hybridized carbons (Fsp3) is 0.600. The van der Waals surface area contributed by atoms with Crippen LogP contribution in [0.3, 0.4) is 0 Å². The molecule has 0 saturated heterocycles. The summed E-state index contributed by atoms with van der Waals surface area (Å²) >= 11 is 0. The first-order valence-corrected chi connectivity index (χ1v) is 5.88. The van der Waals surface area contributed by atoms with Crippen molar-refractivity contribution in [2.45, 2.75) is 59.3 Å². The van der Waals surface area contributed by atoms with Crippen LogP contribution in [0.1, 0.15) is 61.1 Å². The van der Waals surface area contributed by atoms with E-state index in [0.717, 1.165) is 11.1 Å². The number of hydrogen-bond acceptors (Lipinski definition) is 1. The molecule has 18 heavy (non-hydrogen) atoms. The Hall–Kier alpha value is 1.66. The number of aryl methyl sites for hydroxylation is 1. The predicted molar refractivity (Wildman–Crippen MR) is 72.5 cm³/mol. The summed E-state index contributed by atoms with van der Waals surface area (Å²) in [6, 6.07) is 4.18. The molecule has 0 radical (unpaired) electrons. The van der Waals surface area contributed by atoms with Gasteiger partial charge < -0.3 is 7.96 Å². The Morgan fingerprint density at radius 1 is 0.889 bits per heavy atom. The average Bonchev–Trinajstić information content (AvgIpc) is 2.04. The summed E-state index contributed by atoms with van der Waals surface area (Å²) in [7, 11) is 0. The van der Waals surface area contributed by atoms with Crippen molar-refractivity contribution in [1.29, 1.82) is 0 Å². The van der Waals surface area contributed by atoms with Crippen molar-refractivity contribution in [3.63, 3.8) is 0 Å². The Morgan fingerprint density at radius 3 is 1.39 bits per heavy atom. The minimum Gasteiger partial charge on any atom is -1.00 e. The standard InChI is InChI=1S/C15H24O.K.Na.2H/c1-10-8-11(14(2,3)4)13(16)12(9-10)15(5,6)7;;;;/h8-9,16H,1-7H3;;;;/q;2*+1;2*-1. The van der Waals surface area contributed by atoms with Crippen LogP contribution in [0.2, 0.25) is 0 Å². The van der Waals surface area contributed by atoms with E-state index in [4.69, 9.17) is 0 Å². The van der Waals surface area contributed by atoms with Crippen molar-refractivity contribution < 1.29 is 88.9 Å². The Bertz CT molecular complexity index is 374. The second-order valence-electron chi connectivity index (χ2n) is 6.71. The normalized spacial score (nSPS) is 11.5. The van der Waals surface area contributed by atoms with Crippen LogP contribution in [0, 0.1) is 6.92 Å². The topological polar surface area (TPSA) is 20.2 Å². The summed E-state index contributed by atoms with van der Waals surface area (Å²) < 4.78 is 0. The predicted octanol–water partition coefficient (Wildman–Crippen LogP) is -1.47. The number of phenolic OH excluding ortho intramolecular Hbond substituents is 1. The minimum atomic E-state index is -0.0178. The van der Waals surface area contributed by atoms with E-state index in [9.17, 15) is 5.11 Å². The third-order valence-electron chi connectivity index (χ3n) is 2.87. The molecule has 0 aromatic heterocycles. The molecule has 0 spiro atoms. The third kappa shape index (κ3) is 5.57.